The number of carbonyl (C=O) groups is 2. The minimum absolute atomic E-state index is 0.109. The lowest BCUT2D eigenvalue weighted by Crippen LogP contribution is -2.44. The molecule has 2 aliphatic heterocycles. The molecule has 3 rings (SSSR count). The van der Waals surface area contributed by atoms with Crippen LogP contribution in [0.4, 0.5) is 0 Å². The fourth-order valence-electron chi connectivity index (χ4n) is 3.89. The Labute approximate surface area is 148 Å². The van der Waals surface area contributed by atoms with Crippen LogP contribution in [0.15, 0.2) is 6.07 Å². The maximum atomic E-state index is 12.7. The third-order valence-electron chi connectivity index (χ3n) is 5.32. The van der Waals surface area contributed by atoms with Crippen molar-refractivity contribution in [1.82, 2.24) is 9.80 Å². The molecule has 2 aliphatic rings. The predicted molar refractivity (Wildman–Crippen MR) is 97.5 cm³/mol. The van der Waals surface area contributed by atoms with Crippen LogP contribution in [0.25, 0.3) is 0 Å². The van der Waals surface area contributed by atoms with E-state index in [1.165, 1.54) is 17.7 Å². The second-order valence-electron chi connectivity index (χ2n) is 7.13. The number of thiophene rings is 1. The van der Waals surface area contributed by atoms with Crippen molar-refractivity contribution in [2.75, 3.05) is 26.2 Å². The van der Waals surface area contributed by atoms with Crippen LogP contribution in [-0.4, -0.2) is 47.8 Å². The predicted octanol–water partition coefficient (Wildman–Crippen LogP) is 3.62. The van der Waals surface area contributed by atoms with Gasteiger partial charge in [0.15, 0.2) is 0 Å². The highest BCUT2D eigenvalue weighted by atomic mass is 32.1. The van der Waals surface area contributed by atoms with E-state index in [2.05, 4.69) is 4.90 Å². The highest BCUT2D eigenvalue weighted by Crippen LogP contribution is 2.26. The molecule has 1 aromatic rings. The molecule has 3 heterocycles. The van der Waals surface area contributed by atoms with Gasteiger partial charge in [0.05, 0.1) is 5.56 Å². The molecule has 24 heavy (non-hydrogen) atoms. The van der Waals surface area contributed by atoms with E-state index in [0.717, 1.165) is 49.2 Å². The molecule has 5 heteroatoms. The van der Waals surface area contributed by atoms with Gasteiger partial charge in [-0.1, -0.05) is 12.8 Å². The SMILES string of the molecule is Cc1cc(C(=O)N2CCC(C(=O)N3CCCCCC3)CC2)c(C)s1. The number of hydrogen-bond donors (Lipinski definition) is 0. The molecule has 2 saturated heterocycles. The molecule has 0 aliphatic carbocycles. The first-order valence-electron chi connectivity index (χ1n) is 9.21. The summed E-state index contributed by atoms with van der Waals surface area (Å²) in [6, 6.07) is 2.00. The molecule has 2 fully saturated rings. The van der Waals surface area contributed by atoms with Crippen LogP contribution in [0.1, 0.15) is 58.6 Å². The molecular formula is C19H28N2O2S. The number of piperidine rings is 1. The van der Waals surface area contributed by atoms with E-state index in [4.69, 9.17) is 0 Å². The van der Waals surface area contributed by atoms with Gasteiger partial charge in [-0.3, -0.25) is 9.59 Å². The van der Waals surface area contributed by atoms with Crippen molar-refractivity contribution in [3.8, 4) is 0 Å². The van der Waals surface area contributed by atoms with Crippen molar-refractivity contribution in [3.63, 3.8) is 0 Å². The van der Waals surface area contributed by atoms with E-state index in [1.807, 2.05) is 24.8 Å². The standard InChI is InChI=1S/C19H28N2O2S/c1-14-13-17(15(2)24-14)19(23)21-11-7-16(8-12-21)18(22)20-9-5-3-4-6-10-20/h13,16H,3-12H2,1-2H3. The first-order valence-corrected chi connectivity index (χ1v) is 10.0. The quantitative estimate of drug-likeness (QED) is 0.819. The van der Waals surface area contributed by atoms with Crippen LogP contribution < -0.4 is 0 Å². The van der Waals surface area contributed by atoms with Gasteiger partial charge in [-0.15, -0.1) is 11.3 Å². The molecule has 0 unspecified atom stereocenters. The third kappa shape index (κ3) is 3.82. The summed E-state index contributed by atoms with van der Waals surface area (Å²) in [5.41, 5.74) is 0.842. The monoisotopic (exact) mass is 348 g/mol. The van der Waals surface area contributed by atoms with E-state index >= 15 is 0 Å². The number of likely N-dealkylation sites (tertiary alicyclic amines) is 2. The summed E-state index contributed by atoms with van der Waals surface area (Å²) < 4.78 is 0. The van der Waals surface area contributed by atoms with Gasteiger partial charge in [-0.2, -0.15) is 0 Å². The molecule has 0 bridgehead atoms. The van der Waals surface area contributed by atoms with E-state index in [-0.39, 0.29) is 11.8 Å². The number of amides is 2. The minimum atomic E-state index is 0.109. The van der Waals surface area contributed by atoms with Crippen LogP contribution in [0, 0.1) is 19.8 Å². The first kappa shape index (κ1) is 17.5. The summed E-state index contributed by atoms with van der Waals surface area (Å²) in [5, 5.41) is 0. The fourth-order valence-corrected chi connectivity index (χ4v) is 4.81. The molecule has 0 atom stereocenters. The second-order valence-corrected chi connectivity index (χ2v) is 8.59. The van der Waals surface area contributed by atoms with Gasteiger partial charge >= 0.3 is 0 Å². The second kappa shape index (κ2) is 7.68. The van der Waals surface area contributed by atoms with Crippen LogP contribution in [0.3, 0.4) is 0 Å². The minimum Gasteiger partial charge on any atom is -0.342 e. The van der Waals surface area contributed by atoms with Gasteiger partial charge < -0.3 is 9.80 Å². The van der Waals surface area contributed by atoms with Crippen molar-refractivity contribution in [2.45, 2.75) is 52.4 Å². The topological polar surface area (TPSA) is 40.6 Å². The zero-order chi connectivity index (χ0) is 17.1. The van der Waals surface area contributed by atoms with Crippen molar-refractivity contribution in [3.05, 3.63) is 21.4 Å². The van der Waals surface area contributed by atoms with Crippen molar-refractivity contribution in [1.29, 1.82) is 0 Å². The smallest absolute Gasteiger partial charge is 0.254 e. The Morgan fingerprint density at radius 1 is 0.958 bits per heavy atom. The first-order chi connectivity index (χ1) is 11.6. The number of hydrogen-bond acceptors (Lipinski definition) is 3. The Morgan fingerprint density at radius 2 is 1.58 bits per heavy atom. The Balaban J connectivity index is 1.56. The van der Waals surface area contributed by atoms with Crippen LogP contribution in [-0.2, 0) is 4.79 Å². The van der Waals surface area contributed by atoms with Gasteiger partial charge in [0.2, 0.25) is 5.91 Å². The lowest BCUT2D eigenvalue weighted by atomic mass is 9.94. The number of aryl methyl sites for hydroxylation is 2. The third-order valence-corrected chi connectivity index (χ3v) is 6.29. The Morgan fingerprint density at radius 3 is 2.12 bits per heavy atom. The van der Waals surface area contributed by atoms with Crippen molar-refractivity contribution in [2.24, 2.45) is 5.92 Å². The average molecular weight is 349 g/mol. The largest absolute Gasteiger partial charge is 0.342 e. The number of rotatable bonds is 2. The Hall–Kier alpha value is -1.36. The summed E-state index contributed by atoms with van der Waals surface area (Å²) in [6.07, 6.45) is 6.39. The lowest BCUT2D eigenvalue weighted by Gasteiger charge is -2.34. The maximum absolute atomic E-state index is 12.7. The molecule has 0 aromatic carbocycles. The van der Waals surface area contributed by atoms with Gasteiger partial charge in [0.1, 0.15) is 0 Å². The average Bonchev–Trinajstić information content (AvgIpc) is 2.80. The molecule has 1 aromatic heterocycles. The molecule has 0 saturated carbocycles. The summed E-state index contributed by atoms with van der Waals surface area (Å²) >= 11 is 1.68. The summed E-state index contributed by atoms with van der Waals surface area (Å²) in [4.78, 5) is 31.7. The number of nitrogens with zero attached hydrogens (tertiary/aromatic N) is 2. The van der Waals surface area contributed by atoms with Gasteiger partial charge in [0, 0.05) is 41.9 Å². The summed E-state index contributed by atoms with van der Waals surface area (Å²) in [5.74, 6) is 0.571. The lowest BCUT2D eigenvalue weighted by molar-refractivity contribution is -0.136. The Kier molecular flexibility index (Phi) is 5.59. The van der Waals surface area contributed by atoms with E-state index < -0.39 is 0 Å². The van der Waals surface area contributed by atoms with E-state index in [1.54, 1.807) is 11.3 Å². The van der Waals surface area contributed by atoms with Gasteiger partial charge in [-0.05, 0) is 45.6 Å². The molecule has 0 radical (unpaired) electrons. The zero-order valence-electron chi connectivity index (χ0n) is 14.8. The van der Waals surface area contributed by atoms with Crippen molar-refractivity contribution >= 4 is 23.2 Å². The van der Waals surface area contributed by atoms with Gasteiger partial charge in [-0.25, -0.2) is 0 Å². The fraction of sp³-hybridized carbons (Fsp3) is 0.684. The molecule has 0 N–H and O–H groups in total. The van der Waals surface area contributed by atoms with Crippen molar-refractivity contribution < 1.29 is 9.59 Å². The molecule has 2 amide bonds. The molecular weight excluding hydrogens is 320 g/mol. The maximum Gasteiger partial charge on any atom is 0.254 e. The highest BCUT2D eigenvalue weighted by molar-refractivity contribution is 7.12. The van der Waals surface area contributed by atoms with E-state index in [0.29, 0.717) is 19.0 Å². The number of carbonyl (C=O) groups excluding carboxylic acids is 2. The summed E-state index contributed by atoms with van der Waals surface area (Å²) in [6.45, 7) is 7.31. The Bertz CT molecular complexity index is 595. The highest BCUT2D eigenvalue weighted by Gasteiger charge is 2.31. The molecule has 4 nitrogen and oxygen atoms in total. The van der Waals surface area contributed by atoms with Gasteiger partial charge in [0.25, 0.3) is 5.91 Å². The normalized spacial score (nSPS) is 20.1. The van der Waals surface area contributed by atoms with Crippen LogP contribution >= 0.6 is 11.3 Å². The van der Waals surface area contributed by atoms with E-state index in [9.17, 15) is 9.59 Å². The molecule has 0 spiro atoms. The molecule has 132 valence electrons. The summed E-state index contributed by atoms with van der Waals surface area (Å²) in [7, 11) is 0. The van der Waals surface area contributed by atoms with Crippen LogP contribution in [0.2, 0.25) is 0 Å². The zero-order valence-corrected chi connectivity index (χ0v) is 15.7. The van der Waals surface area contributed by atoms with Crippen LogP contribution in [0.5, 0.6) is 0 Å².